The van der Waals surface area contributed by atoms with Crippen molar-refractivity contribution in [3.05, 3.63) is 35.9 Å². The highest BCUT2D eigenvalue weighted by atomic mass is 19.1. The molecule has 1 rings (SSSR count). The van der Waals surface area contributed by atoms with E-state index in [1.807, 2.05) is 0 Å². The fourth-order valence-corrected chi connectivity index (χ4v) is 1.02. The molecular weight excluding hydrogens is 169 g/mol. The molecule has 0 saturated heterocycles. The minimum Gasteiger partial charge on any atom is -0.295 e. The Hall–Kier alpha value is -1.51. The number of hydrogen-bond donors (Lipinski definition) is 0. The van der Waals surface area contributed by atoms with E-state index in [-0.39, 0.29) is 5.78 Å². The van der Waals surface area contributed by atoms with E-state index in [0.29, 0.717) is 5.56 Å². The van der Waals surface area contributed by atoms with Gasteiger partial charge >= 0.3 is 0 Å². The third-order valence-corrected chi connectivity index (χ3v) is 1.58. The zero-order valence-corrected chi connectivity index (χ0v) is 7.54. The molecule has 0 aromatic carbocycles. The normalized spacial score (nSPS) is 11.5. The summed E-state index contributed by atoms with van der Waals surface area (Å²) in [4.78, 5) is 14.4. The lowest BCUT2D eigenvalue weighted by Crippen LogP contribution is -1.88. The largest absolute Gasteiger partial charge is 0.295 e. The monoisotopic (exact) mass is 179 g/mol. The number of halogens is 1. The van der Waals surface area contributed by atoms with Crippen LogP contribution in [0.2, 0.25) is 0 Å². The molecule has 0 amide bonds. The summed E-state index contributed by atoms with van der Waals surface area (Å²) in [6.45, 7) is 3.20. The summed E-state index contributed by atoms with van der Waals surface area (Å²) in [5.41, 5.74) is 1.36. The molecule has 0 aliphatic heterocycles. The van der Waals surface area contributed by atoms with Gasteiger partial charge in [0, 0.05) is 6.20 Å². The van der Waals surface area contributed by atoms with Gasteiger partial charge in [-0.15, -0.1) is 0 Å². The molecule has 0 radical (unpaired) electrons. The van der Waals surface area contributed by atoms with Crippen molar-refractivity contribution in [2.75, 3.05) is 0 Å². The third kappa shape index (κ3) is 2.78. The van der Waals surface area contributed by atoms with Crippen molar-refractivity contribution >= 4 is 11.4 Å². The SMILES string of the molecule is CC(=O)/C=C(/C)c1cncc(F)c1. The number of rotatable bonds is 2. The van der Waals surface area contributed by atoms with Crippen molar-refractivity contribution in [3.8, 4) is 0 Å². The summed E-state index contributed by atoms with van der Waals surface area (Å²) in [5, 5.41) is 0. The molecule has 0 N–H and O–H groups in total. The van der Waals surface area contributed by atoms with E-state index in [9.17, 15) is 9.18 Å². The molecule has 13 heavy (non-hydrogen) atoms. The van der Waals surface area contributed by atoms with Crippen LogP contribution in [0, 0.1) is 5.82 Å². The maximum absolute atomic E-state index is 12.7. The van der Waals surface area contributed by atoms with E-state index < -0.39 is 5.82 Å². The van der Waals surface area contributed by atoms with E-state index in [2.05, 4.69) is 4.98 Å². The topological polar surface area (TPSA) is 30.0 Å². The smallest absolute Gasteiger partial charge is 0.152 e. The van der Waals surface area contributed by atoms with Gasteiger partial charge in [0.25, 0.3) is 0 Å². The first-order valence-electron chi connectivity index (χ1n) is 3.89. The summed E-state index contributed by atoms with van der Waals surface area (Å²) < 4.78 is 12.7. The quantitative estimate of drug-likeness (QED) is 0.651. The molecule has 0 fully saturated rings. The van der Waals surface area contributed by atoms with Gasteiger partial charge in [0.1, 0.15) is 5.82 Å². The van der Waals surface area contributed by atoms with Crippen LogP contribution in [-0.2, 0) is 4.79 Å². The first-order valence-corrected chi connectivity index (χ1v) is 3.89. The van der Waals surface area contributed by atoms with Gasteiger partial charge in [0.15, 0.2) is 5.78 Å². The van der Waals surface area contributed by atoms with Gasteiger partial charge in [-0.25, -0.2) is 4.39 Å². The third-order valence-electron chi connectivity index (χ3n) is 1.58. The van der Waals surface area contributed by atoms with Crippen LogP contribution in [0.25, 0.3) is 5.57 Å². The number of nitrogens with zero attached hydrogens (tertiary/aromatic N) is 1. The number of ketones is 1. The van der Waals surface area contributed by atoms with Crippen LogP contribution in [-0.4, -0.2) is 10.8 Å². The molecular formula is C10H10FNO. The van der Waals surface area contributed by atoms with Gasteiger partial charge in [-0.3, -0.25) is 9.78 Å². The number of hydrogen-bond acceptors (Lipinski definition) is 2. The Bertz CT molecular complexity index is 358. The molecule has 0 saturated carbocycles. The fraction of sp³-hybridized carbons (Fsp3) is 0.200. The highest BCUT2D eigenvalue weighted by molar-refractivity contribution is 5.94. The van der Waals surface area contributed by atoms with Gasteiger partial charge in [-0.1, -0.05) is 0 Å². The van der Waals surface area contributed by atoms with E-state index in [0.717, 1.165) is 11.8 Å². The summed E-state index contributed by atoms with van der Waals surface area (Å²) in [5.74, 6) is -0.449. The van der Waals surface area contributed by atoms with Crippen molar-refractivity contribution < 1.29 is 9.18 Å². The molecule has 0 bridgehead atoms. The second-order valence-corrected chi connectivity index (χ2v) is 2.83. The Balaban J connectivity index is 3.02. The van der Waals surface area contributed by atoms with Crippen molar-refractivity contribution in [1.29, 1.82) is 0 Å². The standard InChI is InChI=1S/C10H10FNO/c1-7(3-8(2)13)9-4-10(11)6-12-5-9/h3-6H,1-2H3/b7-3-. The van der Waals surface area contributed by atoms with Crippen LogP contribution in [0.15, 0.2) is 24.5 Å². The maximum Gasteiger partial charge on any atom is 0.152 e. The highest BCUT2D eigenvalue weighted by Crippen LogP contribution is 2.12. The first kappa shape index (κ1) is 9.58. The lowest BCUT2D eigenvalue weighted by molar-refractivity contribution is -0.112. The molecule has 0 aliphatic rings. The van der Waals surface area contributed by atoms with E-state index in [1.54, 1.807) is 6.92 Å². The number of aromatic nitrogens is 1. The van der Waals surface area contributed by atoms with Gasteiger partial charge in [-0.05, 0) is 37.1 Å². The molecule has 3 heteroatoms. The molecule has 1 heterocycles. The molecule has 0 spiro atoms. The lowest BCUT2D eigenvalue weighted by atomic mass is 10.1. The number of carbonyl (C=O) groups is 1. The van der Waals surface area contributed by atoms with Gasteiger partial charge in [0.2, 0.25) is 0 Å². The second-order valence-electron chi connectivity index (χ2n) is 2.83. The molecule has 68 valence electrons. The van der Waals surface area contributed by atoms with Crippen LogP contribution >= 0.6 is 0 Å². The highest BCUT2D eigenvalue weighted by Gasteiger charge is 1.98. The zero-order chi connectivity index (χ0) is 9.84. The van der Waals surface area contributed by atoms with Crippen LogP contribution in [0.4, 0.5) is 4.39 Å². The van der Waals surface area contributed by atoms with E-state index in [1.165, 1.54) is 25.3 Å². The summed E-state index contributed by atoms with van der Waals surface area (Å²) in [6.07, 6.45) is 4.11. The molecule has 0 atom stereocenters. The summed E-state index contributed by atoms with van der Waals surface area (Å²) in [7, 11) is 0. The van der Waals surface area contributed by atoms with Crippen LogP contribution in [0.5, 0.6) is 0 Å². The van der Waals surface area contributed by atoms with Crippen LogP contribution < -0.4 is 0 Å². The Kier molecular flexibility index (Phi) is 2.90. The fourth-order valence-electron chi connectivity index (χ4n) is 1.02. The Morgan fingerprint density at radius 2 is 2.15 bits per heavy atom. The van der Waals surface area contributed by atoms with Crippen LogP contribution in [0.3, 0.4) is 0 Å². The van der Waals surface area contributed by atoms with Gasteiger partial charge in [0.05, 0.1) is 6.20 Å². The predicted molar refractivity (Wildman–Crippen MR) is 48.5 cm³/mol. The van der Waals surface area contributed by atoms with E-state index in [4.69, 9.17) is 0 Å². The summed E-state index contributed by atoms with van der Waals surface area (Å²) in [6, 6.07) is 1.35. The molecule has 0 unspecified atom stereocenters. The average Bonchev–Trinajstić information content (AvgIpc) is 2.03. The molecule has 0 aliphatic carbocycles. The lowest BCUT2D eigenvalue weighted by Gasteiger charge is -1.98. The zero-order valence-electron chi connectivity index (χ0n) is 7.54. The van der Waals surface area contributed by atoms with Crippen LogP contribution in [0.1, 0.15) is 19.4 Å². The predicted octanol–water partition coefficient (Wildman–Crippen LogP) is 2.21. The van der Waals surface area contributed by atoms with Crippen molar-refractivity contribution in [2.45, 2.75) is 13.8 Å². The molecule has 1 aromatic rings. The number of pyridine rings is 1. The number of carbonyl (C=O) groups excluding carboxylic acids is 1. The Morgan fingerprint density at radius 1 is 1.46 bits per heavy atom. The molecule has 2 nitrogen and oxygen atoms in total. The maximum atomic E-state index is 12.7. The van der Waals surface area contributed by atoms with E-state index >= 15 is 0 Å². The summed E-state index contributed by atoms with van der Waals surface area (Å²) >= 11 is 0. The number of allylic oxidation sites excluding steroid dienone is 2. The Labute approximate surface area is 76.1 Å². The molecule has 1 aromatic heterocycles. The van der Waals surface area contributed by atoms with Crippen molar-refractivity contribution in [3.63, 3.8) is 0 Å². The minimum absolute atomic E-state index is 0.0539. The Morgan fingerprint density at radius 3 is 2.69 bits per heavy atom. The average molecular weight is 179 g/mol. The minimum atomic E-state index is -0.395. The van der Waals surface area contributed by atoms with Gasteiger partial charge in [-0.2, -0.15) is 0 Å². The van der Waals surface area contributed by atoms with Crippen molar-refractivity contribution in [1.82, 2.24) is 4.98 Å². The second kappa shape index (κ2) is 3.94. The first-order chi connectivity index (χ1) is 6.09. The van der Waals surface area contributed by atoms with Crippen molar-refractivity contribution in [2.24, 2.45) is 0 Å². The van der Waals surface area contributed by atoms with Gasteiger partial charge < -0.3 is 0 Å².